The number of rotatable bonds is 3. The molecule has 0 spiro atoms. The molecule has 25 heavy (non-hydrogen) atoms. The van der Waals surface area contributed by atoms with E-state index in [1.165, 1.54) is 0 Å². The summed E-state index contributed by atoms with van der Waals surface area (Å²) < 4.78 is 1.08. The molecule has 0 saturated carbocycles. The predicted molar refractivity (Wildman–Crippen MR) is 105 cm³/mol. The summed E-state index contributed by atoms with van der Waals surface area (Å²) in [5, 5.41) is 1.49. The topological polar surface area (TPSA) is 30.0 Å². The third-order valence-electron chi connectivity index (χ3n) is 3.89. The van der Waals surface area contributed by atoms with Crippen LogP contribution in [0.1, 0.15) is 15.9 Å². The number of hydrogen-bond donors (Lipinski definition) is 0. The largest absolute Gasteiger partial charge is 0.288 e. The molecule has 0 amide bonds. The number of carbonyl (C=O) groups is 1. The van der Waals surface area contributed by atoms with Gasteiger partial charge in [-0.25, -0.2) is 4.98 Å². The number of carbonyl (C=O) groups excluding carboxylic acids is 1. The molecule has 5 heteroatoms. The zero-order valence-electron chi connectivity index (χ0n) is 12.9. The van der Waals surface area contributed by atoms with Crippen molar-refractivity contribution in [2.24, 2.45) is 0 Å². The fraction of sp³-hybridized carbons (Fsp3) is 0. The van der Waals surface area contributed by atoms with Gasteiger partial charge < -0.3 is 0 Å². The molecule has 1 aromatic heterocycles. The lowest BCUT2D eigenvalue weighted by Gasteiger charge is -2.09. The van der Waals surface area contributed by atoms with Gasteiger partial charge in [0.15, 0.2) is 5.78 Å². The second kappa shape index (κ2) is 6.60. The Labute approximate surface area is 158 Å². The van der Waals surface area contributed by atoms with E-state index in [0.29, 0.717) is 21.2 Å². The number of aromatic nitrogens is 1. The summed E-state index contributed by atoms with van der Waals surface area (Å²) in [5.41, 5.74) is 2.56. The lowest BCUT2D eigenvalue weighted by atomic mass is 9.98. The molecular weight excluding hydrogens is 373 g/mol. The van der Waals surface area contributed by atoms with Crippen molar-refractivity contribution >= 4 is 50.5 Å². The second-order valence-electron chi connectivity index (χ2n) is 5.46. The van der Waals surface area contributed by atoms with E-state index < -0.39 is 0 Å². The molecule has 2 nitrogen and oxygen atoms in total. The second-order valence-corrected chi connectivity index (χ2v) is 7.30. The van der Waals surface area contributed by atoms with Crippen molar-refractivity contribution < 1.29 is 4.79 Å². The molecule has 0 atom stereocenters. The van der Waals surface area contributed by atoms with Crippen molar-refractivity contribution in [1.29, 1.82) is 0 Å². The quantitative estimate of drug-likeness (QED) is 0.377. The van der Waals surface area contributed by atoms with Gasteiger partial charge in [0.1, 0.15) is 5.01 Å². The summed E-state index contributed by atoms with van der Waals surface area (Å²) in [6.45, 7) is 0. The summed E-state index contributed by atoms with van der Waals surface area (Å²) in [5.74, 6) is -0.203. The minimum Gasteiger partial charge on any atom is -0.288 e. The van der Waals surface area contributed by atoms with Gasteiger partial charge in [-0.1, -0.05) is 65.7 Å². The summed E-state index contributed by atoms with van der Waals surface area (Å²) in [6, 6.07) is 20.4. The molecule has 3 aromatic carbocycles. The fourth-order valence-electron chi connectivity index (χ4n) is 2.70. The van der Waals surface area contributed by atoms with Gasteiger partial charge in [-0.3, -0.25) is 4.79 Å². The number of hydrogen-bond acceptors (Lipinski definition) is 3. The normalized spacial score (nSPS) is 11.0. The van der Waals surface area contributed by atoms with Gasteiger partial charge in [0.2, 0.25) is 0 Å². The molecule has 0 aliphatic heterocycles. The molecule has 0 radical (unpaired) electrons. The van der Waals surface area contributed by atoms with Crippen LogP contribution >= 0.6 is 34.5 Å². The van der Waals surface area contributed by atoms with Crippen LogP contribution in [0.3, 0.4) is 0 Å². The maximum Gasteiger partial charge on any atom is 0.196 e. The van der Waals surface area contributed by atoms with E-state index in [2.05, 4.69) is 4.98 Å². The molecule has 4 rings (SSSR count). The van der Waals surface area contributed by atoms with Crippen LogP contribution in [0.2, 0.25) is 10.0 Å². The molecule has 0 unspecified atom stereocenters. The Bertz CT molecular complexity index is 1050. The Morgan fingerprint density at radius 1 is 0.840 bits per heavy atom. The number of thiazole rings is 1. The first kappa shape index (κ1) is 16.3. The van der Waals surface area contributed by atoms with Crippen LogP contribution in [0.5, 0.6) is 0 Å². The molecule has 0 aliphatic rings. The molecule has 122 valence electrons. The standard InChI is InChI=1S/C20H11Cl2NOS/c21-14-8-5-9-15(22)18(14)19(24)12-6-1-2-7-13(12)20-23-16-10-3-4-11-17(16)25-20/h1-11H. The molecule has 4 aromatic rings. The average Bonchev–Trinajstić information content (AvgIpc) is 3.05. The van der Waals surface area contributed by atoms with E-state index in [4.69, 9.17) is 23.2 Å². The number of halogens is 2. The summed E-state index contributed by atoms with van der Waals surface area (Å²) in [7, 11) is 0. The lowest BCUT2D eigenvalue weighted by molar-refractivity contribution is 0.103. The van der Waals surface area contributed by atoms with Crippen LogP contribution in [0, 0.1) is 0 Å². The molecule has 0 bridgehead atoms. The minimum atomic E-state index is -0.203. The van der Waals surface area contributed by atoms with E-state index in [9.17, 15) is 4.79 Å². The van der Waals surface area contributed by atoms with Crippen LogP contribution in [0.4, 0.5) is 0 Å². The van der Waals surface area contributed by atoms with Gasteiger partial charge in [-0.15, -0.1) is 11.3 Å². The van der Waals surface area contributed by atoms with Crippen molar-refractivity contribution in [3.63, 3.8) is 0 Å². The van der Waals surface area contributed by atoms with E-state index in [1.54, 1.807) is 35.6 Å². The van der Waals surface area contributed by atoms with Crippen molar-refractivity contribution in [3.8, 4) is 10.6 Å². The maximum atomic E-state index is 13.1. The highest BCUT2D eigenvalue weighted by Crippen LogP contribution is 2.35. The summed E-state index contributed by atoms with van der Waals surface area (Å²) >= 11 is 14.0. The molecule has 1 heterocycles. The zero-order chi connectivity index (χ0) is 17.4. The Hall–Kier alpha value is -2.20. The third-order valence-corrected chi connectivity index (χ3v) is 5.59. The van der Waals surface area contributed by atoms with Crippen molar-refractivity contribution in [2.45, 2.75) is 0 Å². The van der Waals surface area contributed by atoms with Crippen molar-refractivity contribution in [3.05, 3.63) is 87.9 Å². The summed E-state index contributed by atoms with van der Waals surface area (Å²) in [6.07, 6.45) is 0. The van der Waals surface area contributed by atoms with Gasteiger partial charge >= 0.3 is 0 Å². The van der Waals surface area contributed by atoms with E-state index in [-0.39, 0.29) is 5.78 Å². The third kappa shape index (κ3) is 2.95. The van der Waals surface area contributed by atoms with Crippen molar-refractivity contribution in [1.82, 2.24) is 4.98 Å². The predicted octanol–water partition coefficient (Wildman–Crippen LogP) is 6.50. The highest BCUT2D eigenvalue weighted by atomic mass is 35.5. The molecule has 0 saturated heterocycles. The molecule has 0 fully saturated rings. The van der Waals surface area contributed by atoms with Crippen LogP contribution in [-0.4, -0.2) is 10.8 Å². The number of para-hydroxylation sites is 1. The Kier molecular flexibility index (Phi) is 4.30. The van der Waals surface area contributed by atoms with Gasteiger partial charge in [0, 0.05) is 11.1 Å². The Morgan fingerprint density at radius 2 is 1.52 bits per heavy atom. The number of ketones is 1. The first-order valence-corrected chi connectivity index (χ1v) is 9.16. The number of benzene rings is 3. The van der Waals surface area contributed by atoms with Crippen LogP contribution in [-0.2, 0) is 0 Å². The first-order valence-electron chi connectivity index (χ1n) is 7.59. The van der Waals surface area contributed by atoms with Gasteiger partial charge in [-0.05, 0) is 24.3 Å². The van der Waals surface area contributed by atoms with Gasteiger partial charge in [0.05, 0.1) is 25.8 Å². The SMILES string of the molecule is O=C(c1ccccc1-c1nc2ccccc2s1)c1c(Cl)cccc1Cl. The fourth-order valence-corrected chi connectivity index (χ4v) is 4.28. The van der Waals surface area contributed by atoms with Gasteiger partial charge in [-0.2, -0.15) is 0 Å². The lowest BCUT2D eigenvalue weighted by Crippen LogP contribution is -2.05. The number of fused-ring (bicyclic) bond motifs is 1. The Morgan fingerprint density at radius 3 is 2.28 bits per heavy atom. The molecule has 0 N–H and O–H groups in total. The van der Waals surface area contributed by atoms with Crippen LogP contribution in [0.25, 0.3) is 20.8 Å². The molecular formula is C20H11Cl2NOS. The van der Waals surface area contributed by atoms with E-state index in [1.807, 2.05) is 42.5 Å². The number of nitrogens with zero attached hydrogens (tertiary/aromatic N) is 1. The van der Waals surface area contributed by atoms with E-state index >= 15 is 0 Å². The Balaban J connectivity index is 1.88. The van der Waals surface area contributed by atoms with Crippen LogP contribution in [0.15, 0.2) is 66.7 Å². The van der Waals surface area contributed by atoms with E-state index in [0.717, 1.165) is 20.8 Å². The van der Waals surface area contributed by atoms with Gasteiger partial charge in [0.25, 0.3) is 0 Å². The monoisotopic (exact) mass is 383 g/mol. The first-order chi connectivity index (χ1) is 12.1. The van der Waals surface area contributed by atoms with Crippen LogP contribution < -0.4 is 0 Å². The summed E-state index contributed by atoms with van der Waals surface area (Å²) in [4.78, 5) is 17.8. The highest BCUT2D eigenvalue weighted by Gasteiger charge is 2.21. The minimum absolute atomic E-state index is 0.203. The maximum absolute atomic E-state index is 13.1. The van der Waals surface area contributed by atoms with Crippen molar-refractivity contribution in [2.75, 3.05) is 0 Å². The smallest absolute Gasteiger partial charge is 0.196 e. The highest BCUT2D eigenvalue weighted by molar-refractivity contribution is 7.21. The molecule has 0 aliphatic carbocycles. The average molecular weight is 384 g/mol. The zero-order valence-corrected chi connectivity index (χ0v) is 15.2.